The number of amides is 1. The first-order chi connectivity index (χ1) is 7.43. The van der Waals surface area contributed by atoms with Crippen molar-refractivity contribution >= 4 is 5.91 Å². The second-order valence-electron chi connectivity index (χ2n) is 5.18. The van der Waals surface area contributed by atoms with E-state index in [1.807, 2.05) is 56.0 Å². The molecule has 2 rings (SSSR count). The number of nitrogens with zero attached hydrogens (tertiary/aromatic N) is 1. The van der Waals surface area contributed by atoms with Crippen LogP contribution < -0.4 is 0 Å². The number of hydrogen-bond donors (Lipinski definition) is 0. The van der Waals surface area contributed by atoms with Gasteiger partial charge >= 0.3 is 0 Å². The fraction of sp³-hybridized carbons (Fsp3) is 0.357. The van der Waals surface area contributed by atoms with Crippen LogP contribution in [0, 0.1) is 0 Å². The molecular weight excluding hydrogens is 198 g/mol. The number of likely N-dealkylation sites (tertiary alicyclic amines) is 1. The van der Waals surface area contributed by atoms with Gasteiger partial charge in [0.1, 0.15) is 0 Å². The Morgan fingerprint density at radius 2 is 1.75 bits per heavy atom. The van der Waals surface area contributed by atoms with Crippen LogP contribution in [0.3, 0.4) is 0 Å². The molecular formula is C14H17NO. The summed E-state index contributed by atoms with van der Waals surface area (Å²) < 4.78 is 0. The van der Waals surface area contributed by atoms with Gasteiger partial charge in [-0.15, -0.1) is 0 Å². The van der Waals surface area contributed by atoms with Crippen molar-refractivity contribution < 1.29 is 4.79 Å². The van der Waals surface area contributed by atoms with Crippen LogP contribution in [0.4, 0.5) is 0 Å². The van der Waals surface area contributed by atoms with Crippen molar-refractivity contribution in [3.8, 4) is 0 Å². The summed E-state index contributed by atoms with van der Waals surface area (Å²) in [6.45, 7) is 10.0. The third-order valence-corrected chi connectivity index (χ3v) is 2.92. The van der Waals surface area contributed by atoms with Crippen LogP contribution in [0.5, 0.6) is 0 Å². The topological polar surface area (TPSA) is 20.3 Å². The van der Waals surface area contributed by atoms with Crippen molar-refractivity contribution in [1.29, 1.82) is 0 Å². The Hall–Kier alpha value is -1.57. The van der Waals surface area contributed by atoms with E-state index in [1.165, 1.54) is 0 Å². The number of rotatable bonds is 1. The summed E-state index contributed by atoms with van der Waals surface area (Å²) in [5, 5.41) is 0. The fourth-order valence-corrected chi connectivity index (χ4v) is 2.16. The standard InChI is InChI=1S/C14H17NO/c1-10-12(11-8-6-5-7-9-11)15(13(10)16)14(2,3)4/h5-9,12H,1H2,2-4H3. The van der Waals surface area contributed by atoms with E-state index < -0.39 is 0 Å². The molecule has 0 saturated carbocycles. The van der Waals surface area contributed by atoms with Crippen LogP contribution in [-0.4, -0.2) is 16.3 Å². The fourth-order valence-electron chi connectivity index (χ4n) is 2.16. The lowest BCUT2D eigenvalue weighted by molar-refractivity contribution is -0.144. The van der Waals surface area contributed by atoms with E-state index in [4.69, 9.17) is 0 Å². The van der Waals surface area contributed by atoms with E-state index in [1.54, 1.807) is 0 Å². The van der Waals surface area contributed by atoms with Crippen LogP contribution in [0.15, 0.2) is 42.5 Å². The lowest BCUT2D eigenvalue weighted by Crippen LogP contribution is -2.57. The molecule has 1 unspecified atom stereocenters. The second kappa shape index (κ2) is 3.48. The second-order valence-corrected chi connectivity index (χ2v) is 5.18. The van der Waals surface area contributed by atoms with Gasteiger partial charge in [0, 0.05) is 11.1 Å². The van der Waals surface area contributed by atoms with Crippen molar-refractivity contribution in [2.75, 3.05) is 0 Å². The minimum atomic E-state index is -0.154. The van der Waals surface area contributed by atoms with E-state index in [-0.39, 0.29) is 17.5 Å². The van der Waals surface area contributed by atoms with Gasteiger partial charge in [0.2, 0.25) is 0 Å². The Morgan fingerprint density at radius 3 is 2.25 bits per heavy atom. The summed E-state index contributed by atoms with van der Waals surface area (Å²) in [5.41, 5.74) is 1.68. The molecule has 84 valence electrons. The summed E-state index contributed by atoms with van der Waals surface area (Å²) in [4.78, 5) is 13.7. The van der Waals surface area contributed by atoms with Crippen LogP contribution in [0.25, 0.3) is 0 Å². The molecule has 0 aromatic heterocycles. The van der Waals surface area contributed by atoms with Gasteiger partial charge < -0.3 is 4.90 Å². The van der Waals surface area contributed by atoms with Crippen molar-refractivity contribution in [2.24, 2.45) is 0 Å². The van der Waals surface area contributed by atoms with Crippen molar-refractivity contribution in [3.05, 3.63) is 48.0 Å². The lowest BCUT2D eigenvalue weighted by Gasteiger charge is -2.50. The van der Waals surface area contributed by atoms with Crippen molar-refractivity contribution in [1.82, 2.24) is 4.90 Å². The molecule has 0 bridgehead atoms. The Balaban J connectivity index is 2.35. The quantitative estimate of drug-likeness (QED) is 0.521. The molecule has 16 heavy (non-hydrogen) atoms. The van der Waals surface area contributed by atoms with E-state index >= 15 is 0 Å². The molecule has 2 heteroatoms. The van der Waals surface area contributed by atoms with E-state index in [0.717, 1.165) is 5.56 Å². The smallest absolute Gasteiger partial charge is 0.252 e. The van der Waals surface area contributed by atoms with Gasteiger partial charge in [-0.2, -0.15) is 0 Å². The average molecular weight is 215 g/mol. The molecule has 1 aromatic rings. The van der Waals surface area contributed by atoms with Crippen LogP contribution in [0.1, 0.15) is 32.4 Å². The van der Waals surface area contributed by atoms with Crippen molar-refractivity contribution in [3.63, 3.8) is 0 Å². The monoisotopic (exact) mass is 215 g/mol. The van der Waals surface area contributed by atoms with Crippen LogP contribution in [0.2, 0.25) is 0 Å². The Bertz CT molecular complexity index is 428. The third kappa shape index (κ3) is 1.54. The van der Waals surface area contributed by atoms with Gasteiger partial charge in [-0.3, -0.25) is 4.79 Å². The predicted molar refractivity (Wildman–Crippen MR) is 64.9 cm³/mol. The van der Waals surface area contributed by atoms with Gasteiger partial charge in [0.25, 0.3) is 5.91 Å². The highest BCUT2D eigenvalue weighted by atomic mass is 16.2. The predicted octanol–water partition coefficient (Wildman–Crippen LogP) is 2.92. The van der Waals surface area contributed by atoms with Crippen LogP contribution >= 0.6 is 0 Å². The maximum absolute atomic E-state index is 11.8. The number of hydrogen-bond acceptors (Lipinski definition) is 1. The van der Waals surface area contributed by atoms with E-state index in [2.05, 4.69) is 6.58 Å². The van der Waals surface area contributed by atoms with E-state index in [9.17, 15) is 4.79 Å². The maximum atomic E-state index is 11.8. The molecule has 1 aromatic carbocycles. The molecule has 0 radical (unpaired) electrons. The Morgan fingerprint density at radius 1 is 1.19 bits per heavy atom. The number of carbonyl (C=O) groups is 1. The number of carbonyl (C=O) groups excluding carboxylic acids is 1. The van der Waals surface area contributed by atoms with Gasteiger partial charge in [-0.05, 0) is 26.3 Å². The third-order valence-electron chi connectivity index (χ3n) is 2.92. The molecule has 1 saturated heterocycles. The summed E-state index contributed by atoms with van der Waals surface area (Å²) >= 11 is 0. The van der Waals surface area contributed by atoms with Crippen molar-refractivity contribution in [2.45, 2.75) is 32.4 Å². The summed E-state index contributed by atoms with van der Waals surface area (Å²) in [6.07, 6.45) is 0. The van der Waals surface area contributed by atoms with Gasteiger partial charge in [-0.1, -0.05) is 36.9 Å². The highest BCUT2D eigenvalue weighted by molar-refractivity contribution is 6.02. The first-order valence-corrected chi connectivity index (χ1v) is 5.50. The molecule has 1 amide bonds. The molecule has 1 aliphatic rings. The summed E-state index contributed by atoms with van der Waals surface area (Å²) in [7, 11) is 0. The summed E-state index contributed by atoms with van der Waals surface area (Å²) in [6, 6.07) is 10.1. The molecule has 0 aliphatic carbocycles. The van der Waals surface area contributed by atoms with E-state index in [0.29, 0.717) is 5.57 Å². The normalized spacial score (nSPS) is 20.9. The van der Waals surface area contributed by atoms with Crippen LogP contribution in [-0.2, 0) is 4.79 Å². The maximum Gasteiger partial charge on any atom is 0.252 e. The first kappa shape index (κ1) is 10.9. The molecule has 1 atom stereocenters. The highest BCUT2D eigenvalue weighted by Crippen LogP contribution is 2.43. The molecule has 1 aliphatic heterocycles. The zero-order valence-electron chi connectivity index (χ0n) is 10.0. The lowest BCUT2D eigenvalue weighted by atomic mass is 9.84. The van der Waals surface area contributed by atoms with Gasteiger partial charge in [0.05, 0.1) is 6.04 Å². The average Bonchev–Trinajstić information content (AvgIpc) is 2.23. The largest absolute Gasteiger partial charge is 0.323 e. The zero-order chi connectivity index (χ0) is 11.9. The molecule has 0 spiro atoms. The zero-order valence-corrected chi connectivity index (χ0v) is 10.0. The Kier molecular flexibility index (Phi) is 2.38. The van der Waals surface area contributed by atoms with Gasteiger partial charge in [-0.25, -0.2) is 0 Å². The van der Waals surface area contributed by atoms with Gasteiger partial charge in [0.15, 0.2) is 0 Å². The number of β-lactam (4-membered cyclic amide) rings is 1. The SMILES string of the molecule is C=C1C(=O)N(C(C)(C)C)C1c1ccccc1. The molecule has 0 N–H and O–H groups in total. The molecule has 1 heterocycles. The minimum Gasteiger partial charge on any atom is -0.323 e. The molecule has 1 fully saturated rings. The summed E-state index contributed by atoms with van der Waals surface area (Å²) in [5.74, 6) is 0.0707. The molecule has 2 nitrogen and oxygen atoms in total. The Labute approximate surface area is 96.6 Å². The number of benzene rings is 1. The minimum absolute atomic E-state index is 0.0497. The highest BCUT2D eigenvalue weighted by Gasteiger charge is 2.46. The first-order valence-electron chi connectivity index (χ1n) is 5.50.